The molecule has 8 heteroatoms. The first-order chi connectivity index (χ1) is 16.0. The summed E-state index contributed by atoms with van der Waals surface area (Å²) in [5.74, 6) is -0.0346. The van der Waals surface area contributed by atoms with Gasteiger partial charge in [-0.05, 0) is 37.1 Å². The zero-order valence-electron chi connectivity index (χ0n) is 20.5. The number of amides is 3. The van der Waals surface area contributed by atoms with Crippen molar-refractivity contribution in [2.24, 2.45) is 0 Å². The highest BCUT2D eigenvalue weighted by molar-refractivity contribution is 5.95. The van der Waals surface area contributed by atoms with Crippen molar-refractivity contribution in [3.8, 4) is 5.75 Å². The number of anilines is 1. The lowest BCUT2D eigenvalue weighted by molar-refractivity contribution is -0.136. The number of hydrogen-bond donors (Lipinski definition) is 2. The van der Waals surface area contributed by atoms with Crippen molar-refractivity contribution in [2.75, 3.05) is 45.8 Å². The molecule has 1 rings (SSSR count). The maximum atomic E-state index is 12.7. The highest BCUT2D eigenvalue weighted by Crippen LogP contribution is 2.14. The molecule has 1 aromatic carbocycles. The Balaban J connectivity index is 2.40. The van der Waals surface area contributed by atoms with E-state index < -0.39 is 0 Å². The maximum absolute atomic E-state index is 12.7. The monoisotopic (exact) mass is 463 g/mol. The number of benzene rings is 1. The molecule has 0 saturated carbocycles. The van der Waals surface area contributed by atoms with Gasteiger partial charge in [0.2, 0.25) is 17.7 Å². The molecule has 0 aliphatic carbocycles. The fourth-order valence-electron chi connectivity index (χ4n) is 3.37. The van der Waals surface area contributed by atoms with Crippen LogP contribution in [-0.4, -0.2) is 63.1 Å². The summed E-state index contributed by atoms with van der Waals surface area (Å²) in [6.45, 7) is 2.94. The molecule has 0 radical (unpaired) electrons. The number of nitrogens with one attached hydrogen (secondary N) is 2. The Morgan fingerprint density at radius 3 is 2.18 bits per heavy atom. The lowest BCUT2D eigenvalue weighted by atomic mass is 10.1. The van der Waals surface area contributed by atoms with E-state index in [4.69, 9.17) is 9.47 Å². The molecule has 0 aliphatic heterocycles. The van der Waals surface area contributed by atoms with Crippen molar-refractivity contribution < 1.29 is 23.9 Å². The van der Waals surface area contributed by atoms with Crippen LogP contribution in [0.25, 0.3) is 0 Å². The Labute approximate surface area is 198 Å². The summed E-state index contributed by atoms with van der Waals surface area (Å²) >= 11 is 0. The molecule has 0 atom stereocenters. The molecule has 8 nitrogen and oxygen atoms in total. The summed E-state index contributed by atoms with van der Waals surface area (Å²) < 4.78 is 10.2. The molecular formula is C25H41N3O5. The lowest BCUT2D eigenvalue weighted by Gasteiger charge is -2.22. The van der Waals surface area contributed by atoms with Crippen molar-refractivity contribution in [1.29, 1.82) is 0 Å². The van der Waals surface area contributed by atoms with Crippen LogP contribution in [0.3, 0.4) is 0 Å². The fourth-order valence-corrected chi connectivity index (χ4v) is 3.37. The van der Waals surface area contributed by atoms with E-state index >= 15 is 0 Å². The zero-order valence-corrected chi connectivity index (χ0v) is 20.5. The lowest BCUT2D eigenvalue weighted by Crippen LogP contribution is -2.43. The van der Waals surface area contributed by atoms with Gasteiger partial charge in [0.1, 0.15) is 5.75 Å². The van der Waals surface area contributed by atoms with E-state index in [-0.39, 0.29) is 30.8 Å². The Bertz CT molecular complexity index is 694. The minimum atomic E-state index is -0.356. The Morgan fingerprint density at radius 1 is 0.879 bits per heavy atom. The quantitative estimate of drug-likeness (QED) is 0.323. The predicted molar refractivity (Wildman–Crippen MR) is 130 cm³/mol. The molecule has 2 N–H and O–H groups in total. The third-order valence-electron chi connectivity index (χ3n) is 5.28. The molecular weight excluding hydrogens is 422 g/mol. The Morgan fingerprint density at radius 2 is 1.55 bits per heavy atom. The summed E-state index contributed by atoms with van der Waals surface area (Å²) in [6.07, 6.45) is 9.04. The summed E-state index contributed by atoms with van der Waals surface area (Å²) in [5, 5.41) is 5.31. The fraction of sp³-hybridized carbons (Fsp3) is 0.640. The van der Waals surface area contributed by atoms with Crippen molar-refractivity contribution in [3.63, 3.8) is 0 Å². The van der Waals surface area contributed by atoms with Crippen LogP contribution < -0.4 is 15.4 Å². The molecule has 0 aromatic heterocycles. The second kappa shape index (κ2) is 17.9. The van der Waals surface area contributed by atoms with E-state index in [0.717, 1.165) is 19.3 Å². The first-order valence-electron chi connectivity index (χ1n) is 12.0. The van der Waals surface area contributed by atoms with Crippen LogP contribution in [-0.2, 0) is 19.1 Å². The molecule has 0 heterocycles. The zero-order chi connectivity index (χ0) is 24.3. The maximum Gasteiger partial charge on any atom is 0.243 e. The van der Waals surface area contributed by atoms with Crippen molar-refractivity contribution in [2.45, 2.75) is 64.7 Å². The van der Waals surface area contributed by atoms with Crippen LogP contribution in [0, 0.1) is 0 Å². The number of unbranched alkanes of at least 4 members (excludes halogenated alkanes) is 6. The Kier molecular flexibility index (Phi) is 15.4. The minimum absolute atomic E-state index is 0.0301. The van der Waals surface area contributed by atoms with Crippen LogP contribution in [0.2, 0.25) is 0 Å². The highest BCUT2D eigenvalue weighted by atomic mass is 16.5. The molecule has 0 fully saturated rings. The van der Waals surface area contributed by atoms with Crippen molar-refractivity contribution in [1.82, 2.24) is 10.2 Å². The summed E-state index contributed by atoms with van der Waals surface area (Å²) in [7, 11) is 3.18. The number of carbonyl (C=O) groups is 3. The van der Waals surface area contributed by atoms with Crippen LogP contribution in [0.4, 0.5) is 5.69 Å². The first-order valence-corrected chi connectivity index (χ1v) is 12.0. The molecule has 1 aromatic rings. The highest BCUT2D eigenvalue weighted by Gasteiger charge is 2.17. The van der Waals surface area contributed by atoms with E-state index in [1.165, 1.54) is 25.7 Å². The molecule has 3 amide bonds. The summed E-state index contributed by atoms with van der Waals surface area (Å²) in [5.41, 5.74) is 0.612. The molecule has 186 valence electrons. The van der Waals surface area contributed by atoms with Gasteiger partial charge in [-0.1, -0.05) is 45.4 Å². The number of ether oxygens (including phenoxy) is 2. The Hall–Kier alpha value is -2.61. The van der Waals surface area contributed by atoms with Crippen LogP contribution in [0.5, 0.6) is 5.75 Å². The van der Waals surface area contributed by atoms with Gasteiger partial charge in [-0.3, -0.25) is 14.4 Å². The van der Waals surface area contributed by atoms with E-state index in [1.807, 2.05) is 0 Å². The largest absolute Gasteiger partial charge is 0.497 e. The average molecular weight is 464 g/mol. The van der Waals surface area contributed by atoms with Gasteiger partial charge in [-0.2, -0.15) is 0 Å². The second-order valence-electron chi connectivity index (χ2n) is 8.09. The predicted octanol–water partition coefficient (Wildman–Crippen LogP) is 3.76. The van der Waals surface area contributed by atoms with Crippen molar-refractivity contribution in [3.05, 3.63) is 24.3 Å². The number of rotatable bonds is 18. The number of nitrogens with zero attached hydrogens (tertiary/aromatic N) is 1. The van der Waals surface area contributed by atoms with Crippen LogP contribution in [0.15, 0.2) is 24.3 Å². The number of hydrogen-bond acceptors (Lipinski definition) is 5. The molecule has 0 aliphatic rings. The second-order valence-corrected chi connectivity index (χ2v) is 8.09. The molecule has 0 saturated heterocycles. The van der Waals surface area contributed by atoms with Gasteiger partial charge in [-0.15, -0.1) is 0 Å². The minimum Gasteiger partial charge on any atom is -0.497 e. The smallest absolute Gasteiger partial charge is 0.243 e. The number of methoxy groups -OCH3 is 2. The third-order valence-corrected chi connectivity index (χ3v) is 5.28. The van der Waals surface area contributed by atoms with E-state index in [2.05, 4.69) is 17.6 Å². The van der Waals surface area contributed by atoms with Gasteiger partial charge in [0.25, 0.3) is 0 Å². The van der Waals surface area contributed by atoms with E-state index in [1.54, 1.807) is 43.4 Å². The summed E-state index contributed by atoms with van der Waals surface area (Å²) in [6, 6.07) is 6.92. The summed E-state index contributed by atoms with van der Waals surface area (Å²) in [4.78, 5) is 38.7. The van der Waals surface area contributed by atoms with Gasteiger partial charge >= 0.3 is 0 Å². The van der Waals surface area contributed by atoms with E-state index in [9.17, 15) is 14.4 Å². The molecule has 33 heavy (non-hydrogen) atoms. The first kappa shape index (κ1) is 28.4. The van der Waals surface area contributed by atoms with Crippen molar-refractivity contribution >= 4 is 23.4 Å². The molecule has 0 bridgehead atoms. The molecule has 0 spiro atoms. The average Bonchev–Trinajstić information content (AvgIpc) is 2.82. The topological polar surface area (TPSA) is 97.0 Å². The van der Waals surface area contributed by atoms with Gasteiger partial charge in [0.15, 0.2) is 0 Å². The normalized spacial score (nSPS) is 10.5. The molecule has 0 unspecified atom stereocenters. The van der Waals surface area contributed by atoms with Crippen LogP contribution >= 0.6 is 0 Å². The van der Waals surface area contributed by atoms with Gasteiger partial charge < -0.3 is 25.0 Å². The van der Waals surface area contributed by atoms with Gasteiger partial charge in [0, 0.05) is 32.4 Å². The van der Waals surface area contributed by atoms with Crippen LogP contribution in [0.1, 0.15) is 64.7 Å². The standard InChI is InChI=1S/C25H41N3O5/c1-4-5-6-7-8-9-10-12-25(31)28(17-11-18-32-2)20-24(30)26-19-23(29)27-21-13-15-22(33-3)16-14-21/h13-16H,4-12,17-20H2,1-3H3,(H,26,30)(H,27,29). The van der Waals surface area contributed by atoms with Gasteiger partial charge in [-0.25, -0.2) is 0 Å². The third kappa shape index (κ3) is 13.5. The SMILES string of the molecule is CCCCCCCCCC(=O)N(CCCOC)CC(=O)NCC(=O)Nc1ccc(OC)cc1. The van der Waals surface area contributed by atoms with Gasteiger partial charge in [0.05, 0.1) is 20.2 Å². The van der Waals surface area contributed by atoms with E-state index in [0.29, 0.717) is 37.4 Å². The number of carbonyl (C=O) groups excluding carboxylic acids is 3.